The Morgan fingerprint density at radius 1 is 0.895 bits per heavy atom. The zero-order chi connectivity index (χ0) is 13.5. The van der Waals surface area contributed by atoms with Crippen LogP contribution in [0.2, 0.25) is 0 Å². The van der Waals surface area contributed by atoms with Gasteiger partial charge in [0.25, 0.3) is 0 Å². The second-order valence-corrected chi connectivity index (χ2v) is 4.11. The molecule has 0 aliphatic heterocycles. The molecule has 0 fully saturated rings. The smallest absolute Gasteiger partial charge is 0.119 e. The van der Waals surface area contributed by atoms with E-state index in [0.29, 0.717) is 13.2 Å². The van der Waals surface area contributed by atoms with Crippen molar-refractivity contribution in [2.45, 2.75) is 13.5 Å². The van der Waals surface area contributed by atoms with Gasteiger partial charge in [0.05, 0.1) is 6.61 Å². The molecular weight excluding hydrogens is 234 g/mol. The quantitative estimate of drug-likeness (QED) is 0.851. The van der Waals surface area contributed by atoms with E-state index < -0.39 is 0 Å². The highest BCUT2D eigenvalue weighted by atomic mass is 16.5. The molecule has 0 heterocycles. The van der Waals surface area contributed by atoms with Gasteiger partial charge < -0.3 is 10.5 Å². The highest BCUT2D eigenvalue weighted by Crippen LogP contribution is 2.11. The number of benzene rings is 2. The summed E-state index contributed by atoms with van der Waals surface area (Å²) >= 11 is 0. The van der Waals surface area contributed by atoms with Gasteiger partial charge in [-0.3, -0.25) is 0 Å². The molecule has 0 saturated heterocycles. The van der Waals surface area contributed by atoms with Crippen LogP contribution in [0, 0.1) is 11.8 Å². The number of rotatable bonds is 3. The SMILES string of the molecule is CCOc1ccc(C#Cc2ccc(CN)cc2)cc1. The van der Waals surface area contributed by atoms with E-state index in [1.54, 1.807) is 0 Å². The second kappa shape index (κ2) is 6.63. The molecule has 19 heavy (non-hydrogen) atoms. The molecule has 0 unspecified atom stereocenters. The molecule has 0 bridgehead atoms. The summed E-state index contributed by atoms with van der Waals surface area (Å²) in [5.74, 6) is 7.14. The van der Waals surface area contributed by atoms with Crippen molar-refractivity contribution in [1.82, 2.24) is 0 Å². The predicted octanol–water partition coefficient (Wildman–Crippen LogP) is 2.94. The highest BCUT2D eigenvalue weighted by molar-refractivity contribution is 5.44. The Kier molecular flexibility index (Phi) is 4.60. The average molecular weight is 251 g/mol. The second-order valence-electron chi connectivity index (χ2n) is 4.11. The summed E-state index contributed by atoms with van der Waals surface area (Å²) < 4.78 is 5.39. The van der Waals surface area contributed by atoms with Crippen molar-refractivity contribution >= 4 is 0 Å². The van der Waals surface area contributed by atoms with E-state index >= 15 is 0 Å². The minimum absolute atomic E-state index is 0.562. The fraction of sp³-hybridized carbons (Fsp3) is 0.176. The molecule has 0 amide bonds. The lowest BCUT2D eigenvalue weighted by atomic mass is 10.1. The van der Waals surface area contributed by atoms with Gasteiger partial charge in [-0.25, -0.2) is 0 Å². The Hall–Kier alpha value is -2.24. The molecule has 0 aromatic heterocycles. The monoisotopic (exact) mass is 251 g/mol. The third-order valence-corrected chi connectivity index (χ3v) is 2.71. The van der Waals surface area contributed by atoms with Crippen LogP contribution in [0.4, 0.5) is 0 Å². The normalized spacial score (nSPS) is 9.58. The van der Waals surface area contributed by atoms with Crippen molar-refractivity contribution < 1.29 is 4.74 Å². The molecule has 2 aromatic carbocycles. The van der Waals surface area contributed by atoms with Crippen LogP contribution in [-0.4, -0.2) is 6.61 Å². The molecular formula is C17H17NO. The fourth-order valence-electron chi connectivity index (χ4n) is 1.67. The first kappa shape index (κ1) is 13.2. The lowest BCUT2D eigenvalue weighted by Crippen LogP contribution is -1.95. The predicted molar refractivity (Wildman–Crippen MR) is 77.9 cm³/mol. The zero-order valence-electron chi connectivity index (χ0n) is 11.0. The van der Waals surface area contributed by atoms with Gasteiger partial charge in [-0.05, 0) is 48.9 Å². The van der Waals surface area contributed by atoms with E-state index in [-0.39, 0.29) is 0 Å². The first-order valence-corrected chi connectivity index (χ1v) is 6.35. The Morgan fingerprint density at radius 2 is 1.42 bits per heavy atom. The van der Waals surface area contributed by atoms with E-state index in [1.807, 2.05) is 55.5 Å². The van der Waals surface area contributed by atoms with Gasteiger partial charge in [0.15, 0.2) is 0 Å². The lowest BCUT2D eigenvalue weighted by Gasteiger charge is -2.01. The van der Waals surface area contributed by atoms with E-state index in [0.717, 1.165) is 22.4 Å². The molecule has 0 aliphatic rings. The maximum Gasteiger partial charge on any atom is 0.119 e. The van der Waals surface area contributed by atoms with Gasteiger partial charge in [-0.15, -0.1) is 0 Å². The third-order valence-electron chi connectivity index (χ3n) is 2.71. The number of ether oxygens (including phenoxy) is 1. The number of nitrogens with two attached hydrogens (primary N) is 1. The van der Waals surface area contributed by atoms with Gasteiger partial charge in [-0.1, -0.05) is 24.0 Å². The summed E-state index contributed by atoms with van der Waals surface area (Å²) in [5.41, 5.74) is 8.64. The van der Waals surface area contributed by atoms with Crippen molar-refractivity contribution in [3.05, 3.63) is 65.2 Å². The Balaban J connectivity index is 2.09. The van der Waals surface area contributed by atoms with Crippen LogP contribution in [0.15, 0.2) is 48.5 Å². The highest BCUT2D eigenvalue weighted by Gasteiger charge is 1.92. The Morgan fingerprint density at radius 3 is 1.89 bits per heavy atom. The largest absolute Gasteiger partial charge is 0.494 e. The Bertz CT molecular complexity index is 573. The van der Waals surface area contributed by atoms with E-state index in [9.17, 15) is 0 Å². The van der Waals surface area contributed by atoms with Crippen molar-refractivity contribution in [3.63, 3.8) is 0 Å². The van der Waals surface area contributed by atoms with Crippen molar-refractivity contribution in [3.8, 4) is 17.6 Å². The number of hydrogen-bond donors (Lipinski definition) is 1. The summed E-state index contributed by atoms with van der Waals surface area (Å²) in [5, 5.41) is 0. The summed E-state index contributed by atoms with van der Waals surface area (Å²) in [6, 6.07) is 15.8. The average Bonchev–Trinajstić information content (AvgIpc) is 2.47. The molecule has 2 rings (SSSR count). The van der Waals surface area contributed by atoms with Crippen LogP contribution in [0.5, 0.6) is 5.75 Å². The molecule has 0 atom stereocenters. The van der Waals surface area contributed by atoms with E-state index in [1.165, 1.54) is 0 Å². The van der Waals surface area contributed by atoms with Crippen LogP contribution in [-0.2, 0) is 6.54 Å². The van der Waals surface area contributed by atoms with Crippen molar-refractivity contribution in [1.29, 1.82) is 0 Å². The molecule has 96 valence electrons. The summed E-state index contributed by atoms with van der Waals surface area (Å²) in [7, 11) is 0. The molecule has 2 N–H and O–H groups in total. The van der Waals surface area contributed by atoms with Crippen LogP contribution in [0.1, 0.15) is 23.6 Å². The molecule has 0 aliphatic carbocycles. The maximum atomic E-state index is 5.56. The van der Waals surface area contributed by atoms with Gasteiger partial charge in [0.2, 0.25) is 0 Å². The van der Waals surface area contributed by atoms with Gasteiger partial charge in [0.1, 0.15) is 5.75 Å². The fourth-order valence-corrected chi connectivity index (χ4v) is 1.67. The van der Waals surface area contributed by atoms with Crippen molar-refractivity contribution in [2.75, 3.05) is 6.61 Å². The van der Waals surface area contributed by atoms with Crippen LogP contribution >= 0.6 is 0 Å². The molecule has 2 nitrogen and oxygen atoms in total. The van der Waals surface area contributed by atoms with Gasteiger partial charge in [-0.2, -0.15) is 0 Å². The van der Waals surface area contributed by atoms with Crippen LogP contribution in [0.3, 0.4) is 0 Å². The molecule has 0 spiro atoms. The third kappa shape index (κ3) is 3.87. The maximum absolute atomic E-state index is 5.56. The van der Waals surface area contributed by atoms with E-state index in [4.69, 9.17) is 10.5 Å². The standard InChI is InChI=1S/C17H17NO/c1-2-19-17-11-9-15(10-12-17)4-3-14-5-7-16(13-18)8-6-14/h5-12H,2,13,18H2,1H3. The van der Waals surface area contributed by atoms with E-state index in [2.05, 4.69) is 11.8 Å². The minimum atomic E-state index is 0.562. The summed E-state index contributed by atoms with van der Waals surface area (Å²) in [4.78, 5) is 0. The molecule has 0 radical (unpaired) electrons. The first-order valence-electron chi connectivity index (χ1n) is 6.35. The number of hydrogen-bond acceptors (Lipinski definition) is 2. The summed E-state index contributed by atoms with van der Waals surface area (Å²) in [6.07, 6.45) is 0. The van der Waals surface area contributed by atoms with Gasteiger partial charge in [0, 0.05) is 17.7 Å². The topological polar surface area (TPSA) is 35.2 Å². The molecule has 0 saturated carbocycles. The molecule has 2 aromatic rings. The minimum Gasteiger partial charge on any atom is -0.494 e. The Labute approximate surface area is 114 Å². The van der Waals surface area contributed by atoms with Crippen LogP contribution in [0.25, 0.3) is 0 Å². The zero-order valence-corrected chi connectivity index (χ0v) is 11.0. The summed E-state index contributed by atoms with van der Waals surface area (Å²) in [6.45, 7) is 3.21. The van der Waals surface area contributed by atoms with Crippen LogP contribution < -0.4 is 10.5 Å². The molecule has 2 heteroatoms. The lowest BCUT2D eigenvalue weighted by molar-refractivity contribution is 0.340. The van der Waals surface area contributed by atoms with Gasteiger partial charge >= 0.3 is 0 Å². The van der Waals surface area contributed by atoms with Crippen molar-refractivity contribution in [2.24, 2.45) is 5.73 Å². The first-order chi connectivity index (χ1) is 9.31.